The van der Waals surface area contributed by atoms with Crippen LogP contribution in [-0.2, 0) is 11.3 Å². The predicted octanol–water partition coefficient (Wildman–Crippen LogP) is 2.54. The first-order valence-corrected chi connectivity index (χ1v) is 8.90. The number of carbonyl (C=O) groups excluding carboxylic acids is 1. The summed E-state index contributed by atoms with van der Waals surface area (Å²) in [5.74, 6) is 0.0297. The lowest BCUT2D eigenvalue weighted by atomic mass is 10.1. The lowest BCUT2D eigenvalue weighted by molar-refractivity contribution is 0.0528. The zero-order chi connectivity index (χ0) is 19.8. The summed E-state index contributed by atoms with van der Waals surface area (Å²) < 4.78 is 25.9. The topological polar surface area (TPSA) is 89.2 Å². The number of halogens is 1. The van der Waals surface area contributed by atoms with E-state index in [0.717, 1.165) is 0 Å². The van der Waals surface area contributed by atoms with Crippen molar-refractivity contribution in [2.75, 3.05) is 18.1 Å². The summed E-state index contributed by atoms with van der Waals surface area (Å²) in [6.07, 6.45) is 3.04. The summed E-state index contributed by atoms with van der Waals surface area (Å²) in [4.78, 5) is 18.7. The van der Waals surface area contributed by atoms with E-state index in [-0.39, 0.29) is 30.5 Å². The molecular formula is C19H19FN4O4. The van der Waals surface area contributed by atoms with E-state index in [1.54, 1.807) is 13.1 Å². The van der Waals surface area contributed by atoms with Gasteiger partial charge in [-0.25, -0.2) is 18.7 Å². The first kappa shape index (κ1) is 18.0. The summed E-state index contributed by atoms with van der Waals surface area (Å²) in [5, 5.41) is 14.2. The van der Waals surface area contributed by atoms with Gasteiger partial charge in [-0.2, -0.15) is 5.10 Å². The number of esters is 1. The first-order chi connectivity index (χ1) is 13.5. The summed E-state index contributed by atoms with van der Waals surface area (Å²) in [7, 11) is 0. The number of benzene rings is 1. The molecule has 0 bridgehead atoms. The number of phenolic OH excluding ortho intramolecular Hbond substituents is 1. The second-order valence-corrected chi connectivity index (χ2v) is 6.54. The van der Waals surface area contributed by atoms with Gasteiger partial charge in [0.25, 0.3) is 0 Å². The maximum absolute atomic E-state index is 13.6. The number of ether oxygens (including phenoxy) is 2. The number of hydrogen-bond donors (Lipinski definition) is 1. The van der Waals surface area contributed by atoms with Crippen molar-refractivity contribution in [3.05, 3.63) is 47.5 Å². The number of nitrogens with zero attached hydrogens (tertiary/aromatic N) is 4. The molecule has 146 valence electrons. The lowest BCUT2D eigenvalue weighted by Gasteiger charge is -2.35. The third-order valence-electron chi connectivity index (χ3n) is 4.60. The summed E-state index contributed by atoms with van der Waals surface area (Å²) in [6, 6.07) is 3.73. The fourth-order valence-corrected chi connectivity index (χ4v) is 3.15. The molecule has 0 aliphatic carbocycles. The molecule has 0 unspecified atom stereocenters. The van der Waals surface area contributed by atoms with Crippen LogP contribution in [0.5, 0.6) is 11.5 Å². The zero-order valence-corrected chi connectivity index (χ0v) is 15.4. The van der Waals surface area contributed by atoms with Crippen LogP contribution < -0.4 is 9.64 Å². The number of carbonyl (C=O) groups is 1. The summed E-state index contributed by atoms with van der Waals surface area (Å²) in [6.45, 7) is 4.52. The molecule has 8 nitrogen and oxygen atoms in total. The van der Waals surface area contributed by atoms with Gasteiger partial charge in [-0.3, -0.25) is 0 Å². The third-order valence-corrected chi connectivity index (χ3v) is 4.60. The Labute approximate surface area is 160 Å². The molecule has 3 heterocycles. The number of phenols is 1. The molecule has 1 aliphatic heterocycles. The van der Waals surface area contributed by atoms with Crippen molar-refractivity contribution in [3.63, 3.8) is 0 Å². The van der Waals surface area contributed by atoms with Gasteiger partial charge in [0.2, 0.25) is 0 Å². The maximum atomic E-state index is 13.6. The second kappa shape index (κ2) is 6.99. The van der Waals surface area contributed by atoms with E-state index < -0.39 is 11.8 Å². The van der Waals surface area contributed by atoms with E-state index >= 15 is 0 Å². The molecule has 4 rings (SSSR count). The third kappa shape index (κ3) is 3.08. The van der Waals surface area contributed by atoms with Crippen LogP contribution in [0.15, 0.2) is 30.6 Å². The van der Waals surface area contributed by atoms with Crippen molar-refractivity contribution >= 4 is 17.4 Å². The van der Waals surface area contributed by atoms with Crippen LogP contribution in [0.4, 0.5) is 10.2 Å². The van der Waals surface area contributed by atoms with Crippen molar-refractivity contribution in [2.24, 2.45) is 0 Å². The number of fused-ring (bicyclic) bond motifs is 2. The van der Waals surface area contributed by atoms with Crippen LogP contribution in [-0.4, -0.2) is 44.9 Å². The Bertz CT molecular complexity index is 1050. The molecule has 0 saturated carbocycles. The SMILES string of the molecule is CCOC(=O)c1cnn2cc3c(nc12)N(Cc1cc(F)ccc1O)[C@@H](C)CO3. The Morgan fingerprint density at radius 2 is 2.29 bits per heavy atom. The molecule has 1 atom stereocenters. The van der Waals surface area contributed by atoms with Gasteiger partial charge in [0.1, 0.15) is 23.7 Å². The minimum absolute atomic E-state index is 0.000662. The normalized spacial score (nSPS) is 16.0. The van der Waals surface area contributed by atoms with E-state index in [0.29, 0.717) is 29.4 Å². The average molecular weight is 386 g/mol. The minimum atomic E-state index is -0.510. The van der Waals surface area contributed by atoms with Crippen molar-refractivity contribution in [1.82, 2.24) is 14.6 Å². The fraction of sp³-hybridized carbons (Fsp3) is 0.316. The van der Waals surface area contributed by atoms with Gasteiger partial charge >= 0.3 is 5.97 Å². The van der Waals surface area contributed by atoms with Crippen LogP contribution in [0.2, 0.25) is 0 Å². The zero-order valence-electron chi connectivity index (χ0n) is 15.4. The van der Waals surface area contributed by atoms with Crippen LogP contribution >= 0.6 is 0 Å². The molecule has 0 amide bonds. The van der Waals surface area contributed by atoms with Crippen molar-refractivity contribution in [3.8, 4) is 11.5 Å². The van der Waals surface area contributed by atoms with Gasteiger partial charge in [0.15, 0.2) is 17.2 Å². The summed E-state index contributed by atoms with van der Waals surface area (Å²) in [5.41, 5.74) is 1.01. The van der Waals surface area contributed by atoms with Crippen LogP contribution in [0.3, 0.4) is 0 Å². The smallest absolute Gasteiger partial charge is 0.343 e. The van der Waals surface area contributed by atoms with Crippen molar-refractivity contribution in [1.29, 1.82) is 0 Å². The highest BCUT2D eigenvalue weighted by Crippen LogP contribution is 2.35. The quantitative estimate of drug-likeness (QED) is 0.689. The predicted molar refractivity (Wildman–Crippen MR) is 98.1 cm³/mol. The van der Waals surface area contributed by atoms with E-state index in [4.69, 9.17) is 9.47 Å². The maximum Gasteiger partial charge on any atom is 0.343 e. The van der Waals surface area contributed by atoms with Crippen molar-refractivity contribution < 1.29 is 23.8 Å². The first-order valence-electron chi connectivity index (χ1n) is 8.90. The second-order valence-electron chi connectivity index (χ2n) is 6.54. The molecule has 0 fully saturated rings. The largest absolute Gasteiger partial charge is 0.508 e. The number of hydrogen-bond acceptors (Lipinski definition) is 7. The monoisotopic (exact) mass is 386 g/mol. The van der Waals surface area contributed by atoms with Gasteiger partial charge in [0, 0.05) is 12.1 Å². The van der Waals surface area contributed by atoms with Gasteiger partial charge in [-0.1, -0.05) is 0 Å². The van der Waals surface area contributed by atoms with E-state index in [1.165, 1.54) is 28.9 Å². The van der Waals surface area contributed by atoms with Crippen molar-refractivity contribution in [2.45, 2.75) is 26.4 Å². The molecule has 1 N–H and O–H groups in total. The minimum Gasteiger partial charge on any atom is -0.508 e. The molecule has 9 heteroatoms. The molecular weight excluding hydrogens is 367 g/mol. The number of aromatic hydroxyl groups is 1. The van der Waals surface area contributed by atoms with Gasteiger partial charge in [-0.15, -0.1) is 0 Å². The van der Waals surface area contributed by atoms with Crippen LogP contribution in [0, 0.1) is 5.82 Å². The Morgan fingerprint density at radius 1 is 1.46 bits per heavy atom. The Hall–Kier alpha value is -3.36. The van der Waals surface area contributed by atoms with Crippen LogP contribution in [0.1, 0.15) is 29.8 Å². The molecule has 0 saturated heterocycles. The highest BCUT2D eigenvalue weighted by atomic mass is 19.1. The highest BCUT2D eigenvalue weighted by Gasteiger charge is 2.29. The van der Waals surface area contributed by atoms with Crippen LogP contribution in [0.25, 0.3) is 5.65 Å². The van der Waals surface area contributed by atoms with Gasteiger partial charge in [-0.05, 0) is 32.0 Å². The summed E-state index contributed by atoms with van der Waals surface area (Å²) >= 11 is 0. The van der Waals surface area contributed by atoms with Gasteiger partial charge < -0.3 is 19.5 Å². The Balaban J connectivity index is 1.78. The lowest BCUT2D eigenvalue weighted by Crippen LogP contribution is -2.41. The number of aromatic nitrogens is 3. The number of anilines is 1. The number of rotatable bonds is 4. The fourth-order valence-electron chi connectivity index (χ4n) is 3.15. The molecule has 0 spiro atoms. The molecule has 28 heavy (non-hydrogen) atoms. The van der Waals surface area contributed by atoms with E-state index in [1.807, 2.05) is 11.8 Å². The Kier molecular flexibility index (Phi) is 4.50. The molecule has 1 aliphatic rings. The standard InChI is InChI=1S/C19H19FN4O4/c1-3-27-19(26)14-7-21-24-9-16-18(22-17(14)24)23(11(2)10-28-16)8-12-6-13(20)4-5-15(12)25/h4-7,9,11,25H,3,8,10H2,1-2H3/t11-/m0/s1. The van der Waals surface area contributed by atoms with E-state index in [2.05, 4.69) is 10.1 Å². The molecule has 1 aromatic carbocycles. The molecule has 3 aromatic rings. The average Bonchev–Trinajstić information content (AvgIpc) is 3.08. The molecule has 2 aromatic heterocycles. The molecule has 0 radical (unpaired) electrons. The Morgan fingerprint density at radius 3 is 3.07 bits per heavy atom. The van der Waals surface area contributed by atoms with Gasteiger partial charge in [0.05, 0.1) is 25.0 Å². The highest BCUT2D eigenvalue weighted by molar-refractivity contribution is 5.95. The van der Waals surface area contributed by atoms with E-state index in [9.17, 15) is 14.3 Å².